The summed E-state index contributed by atoms with van der Waals surface area (Å²) in [6.07, 6.45) is 0. The molecule has 5 nitrogen and oxygen atoms in total. The van der Waals surface area contributed by atoms with Crippen LogP contribution in [-0.4, -0.2) is 17.4 Å². The number of nitrogens with one attached hydrogen (secondary N) is 1. The number of nitro groups is 1. The van der Waals surface area contributed by atoms with Gasteiger partial charge >= 0.3 is 0 Å². The average molecular weight is 395 g/mol. The number of nitrogens with zero attached hydrogens (tertiary/aromatic N) is 1. The van der Waals surface area contributed by atoms with Crippen LogP contribution in [0.1, 0.15) is 28.4 Å². The maximum Gasteiger partial charge on any atom is 0.270 e. The van der Waals surface area contributed by atoms with Crippen LogP contribution in [0.4, 0.5) is 5.69 Å². The van der Waals surface area contributed by atoms with Crippen molar-refractivity contribution in [2.75, 3.05) is 6.54 Å². The van der Waals surface area contributed by atoms with Crippen LogP contribution in [0, 0.1) is 10.1 Å². The Morgan fingerprint density at radius 2 is 1.54 bits per heavy atom. The van der Waals surface area contributed by atoms with Crippen LogP contribution < -0.4 is 5.32 Å². The van der Waals surface area contributed by atoms with Gasteiger partial charge in [0.25, 0.3) is 11.6 Å². The number of hydrogen-bond donors (Lipinski definition) is 1. The van der Waals surface area contributed by atoms with E-state index in [4.69, 9.17) is 11.6 Å². The molecule has 0 aromatic heterocycles. The van der Waals surface area contributed by atoms with Crippen molar-refractivity contribution < 1.29 is 9.72 Å². The van der Waals surface area contributed by atoms with Crippen molar-refractivity contribution >= 4 is 23.2 Å². The van der Waals surface area contributed by atoms with Crippen molar-refractivity contribution in [1.82, 2.24) is 5.32 Å². The zero-order chi connectivity index (χ0) is 20.1. The van der Waals surface area contributed by atoms with Gasteiger partial charge in [0.05, 0.1) is 15.5 Å². The highest BCUT2D eigenvalue weighted by atomic mass is 35.5. The minimum Gasteiger partial charge on any atom is -0.351 e. The van der Waals surface area contributed by atoms with Gasteiger partial charge in [0.1, 0.15) is 0 Å². The first-order chi connectivity index (χ1) is 13.4. The summed E-state index contributed by atoms with van der Waals surface area (Å²) in [5.41, 5.74) is 1.73. The second kappa shape index (κ2) is 8.23. The number of hydrogen-bond acceptors (Lipinski definition) is 3. The van der Waals surface area contributed by atoms with E-state index in [2.05, 4.69) is 12.2 Å². The summed E-state index contributed by atoms with van der Waals surface area (Å²) in [6, 6.07) is 23.7. The summed E-state index contributed by atoms with van der Waals surface area (Å²) < 4.78 is 0. The van der Waals surface area contributed by atoms with Gasteiger partial charge in [0.2, 0.25) is 0 Å². The Labute approximate surface area is 168 Å². The van der Waals surface area contributed by atoms with Crippen LogP contribution in [0.25, 0.3) is 0 Å². The highest BCUT2D eigenvalue weighted by Crippen LogP contribution is 2.31. The monoisotopic (exact) mass is 394 g/mol. The van der Waals surface area contributed by atoms with Gasteiger partial charge in [-0.1, -0.05) is 72.3 Å². The normalized spacial score (nSPS) is 11.1. The highest BCUT2D eigenvalue weighted by molar-refractivity contribution is 6.34. The summed E-state index contributed by atoms with van der Waals surface area (Å²) in [6.45, 7) is 2.41. The van der Waals surface area contributed by atoms with E-state index in [0.29, 0.717) is 6.54 Å². The van der Waals surface area contributed by atoms with E-state index in [1.165, 1.54) is 18.2 Å². The minimum atomic E-state index is -0.546. The molecular formula is C22H19ClN2O3. The van der Waals surface area contributed by atoms with Crippen molar-refractivity contribution in [3.05, 3.63) is 111 Å². The molecule has 28 heavy (non-hydrogen) atoms. The molecule has 0 aliphatic heterocycles. The van der Waals surface area contributed by atoms with Crippen molar-refractivity contribution in [3.8, 4) is 0 Å². The van der Waals surface area contributed by atoms with Crippen LogP contribution in [0.3, 0.4) is 0 Å². The summed E-state index contributed by atoms with van der Waals surface area (Å²) >= 11 is 6.09. The van der Waals surface area contributed by atoms with E-state index in [9.17, 15) is 14.9 Å². The van der Waals surface area contributed by atoms with E-state index < -0.39 is 10.3 Å². The molecule has 0 bridgehead atoms. The molecule has 142 valence electrons. The predicted octanol–water partition coefficient (Wildman–Crippen LogP) is 4.98. The molecule has 0 saturated carbocycles. The molecule has 0 aliphatic rings. The maximum atomic E-state index is 12.7. The fraction of sp³-hybridized carbons (Fsp3) is 0.136. The third kappa shape index (κ3) is 4.05. The van der Waals surface area contributed by atoms with E-state index in [1.54, 1.807) is 0 Å². The van der Waals surface area contributed by atoms with Crippen molar-refractivity contribution in [2.45, 2.75) is 12.3 Å². The van der Waals surface area contributed by atoms with Gasteiger partial charge in [-0.05, 0) is 24.1 Å². The lowest BCUT2D eigenvalue weighted by Crippen LogP contribution is -2.39. The third-order valence-electron chi connectivity index (χ3n) is 4.83. The number of nitro benzene ring substituents is 1. The zero-order valence-electron chi connectivity index (χ0n) is 15.3. The SMILES string of the molecule is CC(CNC(=O)c1ccc([N+](=O)[O-])cc1Cl)(c1ccccc1)c1ccccc1. The fourth-order valence-electron chi connectivity index (χ4n) is 3.14. The molecule has 0 saturated heterocycles. The molecule has 1 amide bonds. The van der Waals surface area contributed by atoms with Gasteiger partial charge < -0.3 is 5.32 Å². The summed E-state index contributed by atoms with van der Waals surface area (Å²) in [5, 5.41) is 13.8. The molecule has 0 unspecified atom stereocenters. The fourth-order valence-corrected chi connectivity index (χ4v) is 3.40. The number of carbonyl (C=O) groups excluding carboxylic acids is 1. The Kier molecular flexibility index (Phi) is 5.76. The average Bonchev–Trinajstić information content (AvgIpc) is 2.73. The molecule has 6 heteroatoms. The van der Waals surface area contributed by atoms with Crippen LogP contribution in [0.2, 0.25) is 5.02 Å². The molecule has 0 radical (unpaired) electrons. The Morgan fingerprint density at radius 1 is 1.00 bits per heavy atom. The quantitative estimate of drug-likeness (QED) is 0.473. The molecule has 0 aliphatic carbocycles. The summed E-state index contributed by atoms with van der Waals surface area (Å²) in [5.74, 6) is -0.377. The molecule has 0 atom stereocenters. The smallest absolute Gasteiger partial charge is 0.270 e. The first-order valence-electron chi connectivity index (χ1n) is 8.75. The molecule has 3 rings (SSSR count). The number of benzene rings is 3. The van der Waals surface area contributed by atoms with Crippen molar-refractivity contribution in [1.29, 1.82) is 0 Å². The molecule has 3 aromatic rings. The number of non-ortho nitro benzene ring substituents is 1. The lowest BCUT2D eigenvalue weighted by atomic mass is 9.76. The van der Waals surface area contributed by atoms with Gasteiger partial charge in [0, 0.05) is 24.1 Å². The predicted molar refractivity (Wildman–Crippen MR) is 110 cm³/mol. The van der Waals surface area contributed by atoms with Gasteiger partial charge in [0.15, 0.2) is 0 Å². The first kappa shape index (κ1) is 19.6. The lowest BCUT2D eigenvalue weighted by Gasteiger charge is -2.31. The van der Waals surface area contributed by atoms with Crippen LogP contribution in [0.15, 0.2) is 78.9 Å². The van der Waals surface area contributed by atoms with Crippen molar-refractivity contribution in [3.63, 3.8) is 0 Å². The summed E-state index contributed by atoms with van der Waals surface area (Å²) in [7, 11) is 0. The number of amides is 1. The summed E-state index contributed by atoms with van der Waals surface area (Å²) in [4.78, 5) is 23.0. The number of rotatable bonds is 6. The minimum absolute atomic E-state index is 0.0489. The van der Waals surface area contributed by atoms with E-state index in [1.807, 2.05) is 60.7 Å². The molecular weight excluding hydrogens is 376 g/mol. The molecule has 0 heterocycles. The van der Waals surface area contributed by atoms with Gasteiger partial charge in [-0.3, -0.25) is 14.9 Å². The molecule has 1 N–H and O–H groups in total. The number of carbonyl (C=O) groups is 1. The second-order valence-electron chi connectivity index (χ2n) is 6.67. The molecule has 0 spiro atoms. The van der Waals surface area contributed by atoms with Gasteiger partial charge in [-0.15, -0.1) is 0 Å². The van der Waals surface area contributed by atoms with E-state index in [-0.39, 0.29) is 22.2 Å². The zero-order valence-corrected chi connectivity index (χ0v) is 16.0. The first-order valence-corrected chi connectivity index (χ1v) is 9.13. The van der Waals surface area contributed by atoms with Gasteiger partial charge in [-0.25, -0.2) is 0 Å². The topological polar surface area (TPSA) is 72.2 Å². The van der Waals surface area contributed by atoms with Crippen LogP contribution in [-0.2, 0) is 5.41 Å². The molecule has 3 aromatic carbocycles. The Bertz CT molecular complexity index is 952. The highest BCUT2D eigenvalue weighted by Gasteiger charge is 2.29. The van der Waals surface area contributed by atoms with Crippen LogP contribution in [0.5, 0.6) is 0 Å². The lowest BCUT2D eigenvalue weighted by molar-refractivity contribution is -0.384. The Hall–Kier alpha value is -3.18. The number of halogens is 1. The van der Waals surface area contributed by atoms with Crippen LogP contribution >= 0.6 is 11.6 Å². The van der Waals surface area contributed by atoms with Crippen molar-refractivity contribution in [2.24, 2.45) is 0 Å². The largest absolute Gasteiger partial charge is 0.351 e. The third-order valence-corrected chi connectivity index (χ3v) is 5.15. The Morgan fingerprint density at radius 3 is 2.00 bits per heavy atom. The maximum absolute atomic E-state index is 12.7. The second-order valence-corrected chi connectivity index (χ2v) is 7.08. The van der Waals surface area contributed by atoms with E-state index in [0.717, 1.165) is 11.1 Å². The van der Waals surface area contributed by atoms with E-state index >= 15 is 0 Å². The Balaban J connectivity index is 1.87. The standard InChI is InChI=1S/C22H19ClN2O3/c1-22(16-8-4-2-5-9-16,17-10-6-3-7-11-17)15-24-21(26)19-13-12-18(25(27)28)14-20(19)23/h2-14H,15H2,1H3,(H,24,26). The molecule has 0 fully saturated rings. The van der Waals surface area contributed by atoms with Gasteiger partial charge in [-0.2, -0.15) is 0 Å².